The van der Waals surface area contributed by atoms with Crippen LogP contribution in [0.4, 0.5) is 0 Å². The van der Waals surface area contributed by atoms with Crippen molar-refractivity contribution in [2.24, 2.45) is 5.92 Å². The van der Waals surface area contributed by atoms with Crippen LogP contribution in [0.2, 0.25) is 0 Å². The van der Waals surface area contributed by atoms with Gasteiger partial charge in [-0.2, -0.15) is 0 Å². The van der Waals surface area contributed by atoms with Crippen molar-refractivity contribution < 1.29 is 4.79 Å². The molecule has 6 heteroatoms. The Kier molecular flexibility index (Phi) is 6.99. The molecule has 0 atom stereocenters. The molecule has 0 radical (unpaired) electrons. The number of hydrogen-bond acceptors (Lipinski definition) is 4. The number of nitrogens with zero attached hydrogens (tertiary/aromatic N) is 2. The Balaban J connectivity index is 1.66. The number of benzene rings is 2. The van der Waals surface area contributed by atoms with E-state index in [0.29, 0.717) is 34.1 Å². The summed E-state index contributed by atoms with van der Waals surface area (Å²) in [4.78, 5) is 30.9. The summed E-state index contributed by atoms with van der Waals surface area (Å²) in [6, 6.07) is 13.9. The lowest BCUT2D eigenvalue weighted by atomic mass is 10.1. The summed E-state index contributed by atoms with van der Waals surface area (Å²) >= 11 is 1.57. The summed E-state index contributed by atoms with van der Waals surface area (Å²) in [7, 11) is 0. The number of rotatable bonds is 7. The van der Waals surface area contributed by atoms with E-state index in [9.17, 15) is 9.59 Å². The molecule has 0 spiro atoms. The fourth-order valence-electron chi connectivity index (χ4n) is 4.15. The van der Waals surface area contributed by atoms with Gasteiger partial charge >= 0.3 is 0 Å². The number of aryl methyl sites for hydroxylation is 1. The van der Waals surface area contributed by atoms with Gasteiger partial charge in [-0.1, -0.05) is 68.3 Å². The van der Waals surface area contributed by atoms with Crippen LogP contribution in [0.1, 0.15) is 61.0 Å². The second-order valence-electron chi connectivity index (χ2n) is 9.17. The van der Waals surface area contributed by atoms with Crippen molar-refractivity contribution >= 4 is 28.6 Å². The van der Waals surface area contributed by atoms with Gasteiger partial charge in [0.2, 0.25) is 0 Å². The van der Waals surface area contributed by atoms with E-state index in [1.807, 2.05) is 0 Å². The fourth-order valence-corrected chi connectivity index (χ4v) is 5.11. The second kappa shape index (κ2) is 9.90. The molecule has 1 aliphatic carbocycles. The monoisotopic (exact) mass is 449 g/mol. The van der Waals surface area contributed by atoms with Gasteiger partial charge in [0.25, 0.3) is 11.5 Å². The summed E-state index contributed by atoms with van der Waals surface area (Å²) in [6.45, 7) is 6.88. The minimum Gasteiger partial charge on any atom is -0.349 e. The first-order valence-electron chi connectivity index (χ1n) is 11.4. The summed E-state index contributed by atoms with van der Waals surface area (Å²) in [5, 5.41) is 4.38. The van der Waals surface area contributed by atoms with E-state index in [1.54, 1.807) is 34.5 Å². The van der Waals surface area contributed by atoms with Crippen LogP contribution in [0, 0.1) is 12.8 Å². The maximum atomic E-state index is 13.3. The number of carbonyl (C=O) groups excluding carboxylic acids is 1. The lowest BCUT2D eigenvalue weighted by Crippen LogP contribution is -2.32. The van der Waals surface area contributed by atoms with Crippen LogP contribution in [-0.2, 0) is 12.3 Å². The summed E-state index contributed by atoms with van der Waals surface area (Å²) in [6.07, 6.45) is 4.41. The third kappa shape index (κ3) is 5.23. The van der Waals surface area contributed by atoms with E-state index >= 15 is 0 Å². The van der Waals surface area contributed by atoms with Crippen LogP contribution in [-0.4, -0.2) is 21.5 Å². The van der Waals surface area contributed by atoms with E-state index in [4.69, 9.17) is 4.98 Å². The molecule has 1 saturated carbocycles. The Morgan fingerprint density at radius 1 is 1.16 bits per heavy atom. The van der Waals surface area contributed by atoms with Gasteiger partial charge in [0, 0.05) is 23.9 Å². The van der Waals surface area contributed by atoms with Gasteiger partial charge in [0.15, 0.2) is 5.16 Å². The maximum absolute atomic E-state index is 13.3. The standard InChI is InChI=1S/C26H31N3O2S/c1-17(2)15-29-25(31)22-13-12-20(24(30)27-21-6-4-5-7-21)14-23(22)28-26(29)32-16-19-10-8-18(3)9-11-19/h8-14,17,21H,4-7,15-16H2,1-3H3,(H,27,30). The van der Waals surface area contributed by atoms with Crippen LogP contribution in [0.5, 0.6) is 0 Å². The van der Waals surface area contributed by atoms with Crippen molar-refractivity contribution in [1.82, 2.24) is 14.9 Å². The lowest BCUT2D eigenvalue weighted by molar-refractivity contribution is 0.0938. The molecule has 1 aliphatic rings. The van der Waals surface area contributed by atoms with Crippen molar-refractivity contribution in [3.63, 3.8) is 0 Å². The first-order chi connectivity index (χ1) is 15.4. The largest absolute Gasteiger partial charge is 0.349 e. The minimum atomic E-state index is -0.0826. The topological polar surface area (TPSA) is 64.0 Å². The van der Waals surface area contributed by atoms with E-state index < -0.39 is 0 Å². The Hall–Kier alpha value is -2.60. The molecule has 1 aromatic heterocycles. The van der Waals surface area contributed by atoms with Crippen molar-refractivity contribution in [3.05, 3.63) is 69.5 Å². The van der Waals surface area contributed by atoms with Crippen molar-refractivity contribution in [3.8, 4) is 0 Å². The van der Waals surface area contributed by atoms with E-state index in [-0.39, 0.29) is 17.5 Å². The fraction of sp³-hybridized carbons (Fsp3) is 0.423. The molecule has 1 fully saturated rings. The second-order valence-corrected chi connectivity index (χ2v) is 10.1. The highest BCUT2D eigenvalue weighted by molar-refractivity contribution is 7.98. The van der Waals surface area contributed by atoms with Gasteiger partial charge in [0.05, 0.1) is 10.9 Å². The first-order valence-corrected chi connectivity index (χ1v) is 12.4. The molecule has 32 heavy (non-hydrogen) atoms. The maximum Gasteiger partial charge on any atom is 0.262 e. The molecular formula is C26H31N3O2S. The van der Waals surface area contributed by atoms with Crippen molar-refractivity contribution in [2.75, 3.05) is 0 Å². The normalized spacial score (nSPS) is 14.4. The predicted molar refractivity (Wildman–Crippen MR) is 131 cm³/mol. The van der Waals surface area contributed by atoms with Crippen LogP contribution >= 0.6 is 11.8 Å². The minimum absolute atomic E-state index is 0.0437. The van der Waals surface area contributed by atoms with Gasteiger partial charge < -0.3 is 5.32 Å². The molecule has 0 aliphatic heterocycles. The summed E-state index contributed by atoms with van der Waals surface area (Å²) in [5.41, 5.74) is 3.52. The molecule has 0 unspecified atom stereocenters. The van der Waals surface area contributed by atoms with Gasteiger partial charge in [-0.3, -0.25) is 14.2 Å². The molecule has 0 bridgehead atoms. The number of thioether (sulfide) groups is 1. The van der Waals surface area contributed by atoms with Gasteiger partial charge in [-0.05, 0) is 49.4 Å². The Bertz CT molecular complexity index is 1160. The van der Waals surface area contributed by atoms with Gasteiger partial charge in [0.1, 0.15) is 0 Å². The third-order valence-electron chi connectivity index (χ3n) is 5.91. The highest BCUT2D eigenvalue weighted by Crippen LogP contribution is 2.24. The van der Waals surface area contributed by atoms with E-state index in [2.05, 4.69) is 50.4 Å². The average molecular weight is 450 g/mol. The Morgan fingerprint density at radius 3 is 2.56 bits per heavy atom. The van der Waals surface area contributed by atoms with Gasteiger partial charge in [-0.15, -0.1) is 0 Å². The van der Waals surface area contributed by atoms with Crippen LogP contribution in [0.3, 0.4) is 0 Å². The Morgan fingerprint density at radius 2 is 1.88 bits per heavy atom. The molecular weight excluding hydrogens is 418 g/mol. The average Bonchev–Trinajstić information content (AvgIpc) is 3.28. The van der Waals surface area contributed by atoms with Gasteiger partial charge in [-0.25, -0.2) is 4.98 Å². The third-order valence-corrected chi connectivity index (χ3v) is 6.96. The quantitative estimate of drug-likeness (QED) is 0.391. The highest BCUT2D eigenvalue weighted by atomic mass is 32.2. The zero-order valence-electron chi connectivity index (χ0n) is 19.1. The number of hydrogen-bond donors (Lipinski definition) is 1. The van der Waals surface area contributed by atoms with E-state index in [0.717, 1.165) is 18.6 Å². The number of carbonyl (C=O) groups is 1. The zero-order chi connectivity index (χ0) is 22.7. The molecule has 3 aromatic rings. The van der Waals surface area contributed by atoms with Crippen LogP contribution in [0.15, 0.2) is 52.4 Å². The number of aromatic nitrogens is 2. The SMILES string of the molecule is Cc1ccc(CSc2nc3cc(C(=O)NC4CCCC4)ccc3c(=O)n2CC(C)C)cc1. The molecule has 168 valence electrons. The molecule has 4 rings (SSSR count). The van der Waals surface area contributed by atoms with Crippen molar-refractivity contribution in [1.29, 1.82) is 0 Å². The number of amides is 1. The molecule has 1 amide bonds. The zero-order valence-corrected chi connectivity index (χ0v) is 19.9. The molecule has 0 saturated heterocycles. The summed E-state index contributed by atoms with van der Waals surface area (Å²) < 4.78 is 1.78. The molecule has 2 aromatic carbocycles. The lowest BCUT2D eigenvalue weighted by Gasteiger charge is -2.16. The first kappa shape index (κ1) is 22.6. The summed E-state index contributed by atoms with van der Waals surface area (Å²) in [5.74, 6) is 0.973. The molecule has 5 nitrogen and oxygen atoms in total. The molecule has 1 heterocycles. The van der Waals surface area contributed by atoms with E-state index in [1.165, 1.54) is 24.0 Å². The van der Waals surface area contributed by atoms with Crippen LogP contribution < -0.4 is 10.9 Å². The number of nitrogens with one attached hydrogen (secondary N) is 1. The highest BCUT2D eigenvalue weighted by Gasteiger charge is 2.19. The number of fused-ring (bicyclic) bond motifs is 1. The smallest absolute Gasteiger partial charge is 0.262 e. The van der Waals surface area contributed by atoms with Crippen molar-refractivity contribution in [2.45, 2.75) is 70.0 Å². The Labute approximate surface area is 193 Å². The molecule has 1 N–H and O–H groups in total. The predicted octanol–water partition coefficient (Wildman–Crippen LogP) is 5.33. The van der Waals surface area contributed by atoms with Crippen LogP contribution in [0.25, 0.3) is 10.9 Å².